The fraction of sp³-hybridized carbons (Fsp3) is 0.214. The molecule has 0 bridgehead atoms. The summed E-state index contributed by atoms with van der Waals surface area (Å²) in [7, 11) is 0. The van der Waals surface area contributed by atoms with E-state index in [0.717, 1.165) is 11.1 Å². The smallest absolute Gasteiger partial charge is 0.354 e. The van der Waals surface area contributed by atoms with E-state index in [1.165, 1.54) is 17.8 Å². The van der Waals surface area contributed by atoms with E-state index in [-0.39, 0.29) is 5.69 Å². The van der Waals surface area contributed by atoms with Gasteiger partial charge < -0.3 is 5.11 Å². The zero-order valence-electron chi connectivity index (χ0n) is 10.3. The summed E-state index contributed by atoms with van der Waals surface area (Å²) < 4.78 is 0. The highest BCUT2D eigenvalue weighted by molar-refractivity contribution is 5.85. The summed E-state index contributed by atoms with van der Waals surface area (Å²) in [6.45, 7) is 4.05. The summed E-state index contributed by atoms with van der Waals surface area (Å²) in [4.78, 5) is 19.0. The molecule has 0 atom stereocenters. The number of nitrogens with zero attached hydrogens (tertiary/aromatic N) is 2. The molecule has 1 aromatic heterocycles. The number of carboxylic acids is 1. The molecule has 0 saturated heterocycles. The number of hydrogen-bond donors (Lipinski definition) is 1. The fourth-order valence-corrected chi connectivity index (χ4v) is 1.76. The molecule has 0 aliphatic heterocycles. The molecule has 0 fully saturated rings. The molecule has 2 rings (SSSR count). The molecule has 0 radical (unpaired) electrons. The maximum atomic E-state index is 10.8. The van der Waals surface area contributed by atoms with E-state index < -0.39 is 5.97 Å². The minimum atomic E-state index is -1.03. The molecule has 4 nitrogen and oxygen atoms in total. The quantitative estimate of drug-likeness (QED) is 0.897. The summed E-state index contributed by atoms with van der Waals surface area (Å²) in [5.74, 6) is -0.497. The van der Waals surface area contributed by atoms with Crippen LogP contribution in [0.4, 0.5) is 0 Å². The molecular formula is C14H14N2O2. The molecule has 1 aromatic carbocycles. The van der Waals surface area contributed by atoms with Crippen molar-refractivity contribution in [3.63, 3.8) is 0 Å². The van der Waals surface area contributed by atoms with Gasteiger partial charge in [0.15, 0.2) is 5.69 Å². The van der Waals surface area contributed by atoms with Gasteiger partial charge in [0.1, 0.15) is 5.82 Å². The molecule has 1 N–H and O–H groups in total. The molecule has 2 aromatic rings. The van der Waals surface area contributed by atoms with Crippen LogP contribution >= 0.6 is 0 Å². The van der Waals surface area contributed by atoms with Crippen LogP contribution in [0.15, 0.2) is 30.5 Å². The predicted molar refractivity (Wildman–Crippen MR) is 67.7 cm³/mol. The van der Waals surface area contributed by atoms with Crippen LogP contribution < -0.4 is 0 Å². The Hall–Kier alpha value is -2.23. The van der Waals surface area contributed by atoms with Gasteiger partial charge in [-0.05, 0) is 31.0 Å². The van der Waals surface area contributed by atoms with Crippen LogP contribution in [0.3, 0.4) is 0 Å². The highest BCUT2D eigenvalue weighted by Crippen LogP contribution is 2.13. The van der Waals surface area contributed by atoms with Crippen molar-refractivity contribution in [2.24, 2.45) is 0 Å². The van der Waals surface area contributed by atoms with Crippen molar-refractivity contribution in [3.05, 3.63) is 58.7 Å². The first kappa shape index (κ1) is 12.2. The Morgan fingerprint density at radius 2 is 2.06 bits per heavy atom. The second kappa shape index (κ2) is 4.96. The third-order valence-corrected chi connectivity index (χ3v) is 2.78. The fourth-order valence-electron chi connectivity index (χ4n) is 1.76. The average Bonchev–Trinajstić information content (AvgIpc) is 2.34. The third-order valence-electron chi connectivity index (χ3n) is 2.78. The zero-order valence-corrected chi connectivity index (χ0v) is 10.3. The van der Waals surface area contributed by atoms with Crippen molar-refractivity contribution in [2.45, 2.75) is 20.3 Å². The lowest BCUT2D eigenvalue weighted by molar-refractivity contribution is 0.0690. The van der Waals surface area contributed by atoms with Gasteiger partial charge >= 0.3 is 5.97 Å². The summed E-state index contributed by atoms with van der Waals surface area (Å²) in [6.07, 6.45) is 2.03. The van der Waals surface area contributed by atoms with Crippen molar-refractivity contribution in [1.29, 1.82) is 0 Å². The number of benzene rings is 1. The standard InChI is InChI=1S/C14H14N2O2/c1-9-3-4-10(2)11(7-9)8-13-15-6-5-12(16-13)14(17)18/h3-7H,8H2,1-2H3,(H,17,18). The Bertz CT molecular complexity index is 594. The summed E-state index contributed by atoms with van der Waals surface area (Å²) in [5.41, 5.74) is 3.48. The number of aromatic carboxylic acids is 1. The van der Waals surface area contributed by atoms with E-state index in [1.807, 2.05) is 26.0 Å². The van der Waals surface area contributed by atoms with Gasteiger partial charge in [-0.15, -0.1) is 0 Å². The van der Waals surface area contributed by atoms with E-state index in [1.54, 1.807) is 0 Å². The number of hydrogen-bond acceptors (Lipinski definition) is 3. The summed E-state index contributed by atoms with van der Waals surface area (Å²) >= 11 is 0. The average molecular weight is 242 g/mol. The van der Waals surface area contributed by atoms with Gasteiger partial charge in [-0.25, -0.2) is 14.8 Å². The maximum Gasteiger partial charge on any atom is 0.354 e. The van der Waals surface area contributed by atoms with E-state index in [4.69, 9.17) is 5.11 Å². The van der Waals surface area contributed by atoms with Crippen molar-refractivity contribution >= 4 is 5.97 Å². The molecule has 0 saturated carbocycles. The Morgan fingerprint density at radius 1 is 1.28 bits per heavy atom. The van der Waals surface area contributed by atoms with Gasteiger partial charge in [-0.3, -0.25) is 0 Å². The summed E-state index contributed by atoms with van der Waals surface area (Å²) in [6, 6.07) is 7.57. The molecule has 4 heteroatoms. The van der Waals surface area contributed by atoms with Crippen LogP contribution in [0.1, 0.15) is 33.0 Å². The van der Waals surface area contributed by atoms with Gasteiger partial charge in [-0.1, -0.05) is 23.8 Å². The second-order valence-corrected chi connectivity index (χ2v) is 4.27. The van der Waals surface area contributed by atoms with Gasteiger partial charge in [-0.2, -0.15) is 0 Å². The Balaban J connectivity index is 2.31. The highest BCUT2D eigenvalue weighted by Gasteiger charge is 2.08. The lowest BCUT2D eigenvalue weighted by Gasteiger charge is -2.06. The second-order valence-electron chi connectivity index (χ2n) is 4.27. The van der Waals surface area contributed by atoms with Crippen molar-refractivity contribution < 1.29 is 9.90 Å². The first-order chi connectivity index (χ1) is 8.56. The van der Waals surface area contributed by atoms with Crippen LogP contribution in [0, 0.1) is 13.8 Å². The normalized spacial score (nSPS) is 10.3. The number of carboxylic acid groups (broad SMARTS) is 1. The first-order valence-corrected chi connectivity index (χ1v) is 5.67. The third kappa shape index (κ3) is 2.71. The van der Waals surface area contributed by atoms with Gasteiger partial charge in [0.25, 0.3) is 0 Å². The molecule has 0 unspecified atom stereocenters. The van der Waals surface area contributed by atoms with Gasteiger partial charge in [0.05, 0.1) is 0 Å². The van der Waals surface area contributed by atoms with Crippen LogP contribution in [-0.4, -0.2) is 21.0 Å². The predicted octanol–water partition coefficient (Wildman–Crippen LogP) is 2.38. The SMILES string of the molecule is Cc1ccc(C)c(Cc2nccc(C(=O)O)n2)c1. The molecule has 0 aliphatic rings. The van der Waals surface area contributed by atoms with Gasteiger partial charge in [0, 0.05) is 12.6 Å². The van der Waals surface area contributed by atoms with Crippen molar-refractivity contribution in [3.8, 4) is 0 Å². The van der Waals surface area contributed by atoms with E-state index >= 15 is 0 Å². The Labute approximate surface area is 105 Å². The van der Waals surface area contributed by atoms with E-state index in [0.29, 0.717) is 12.2 Å². The Morgan fingerprint density at radius 3 is 2.78 bits per heavy atom. The van der Waals surface area contributed by atoms with Crippen molar-refractivity contribution in [2.75, 3.05) is 0 Å². The van der Waals surface area contributed by atoms with Crippen LogP contribution in [-0.2, 0) is 6.42 Å². The van der Waals surface area contributed by atoms with Crippen molar-refractivity contribution in [1.82, 2.24) is 9.97 Å². The Kier molecular flexibility index (Phi) is 3.37. The summed E-state index contributed by atoms with van der Waals surface area (Å²) in [5, 5.41) is 8.88. The number of aromatic nitrogens is 2. The van der Waals surface area contributed by atoms with E-state index in [2.05, 4.69) is 16.0 Å². The molecule has 0 spiro atoms. The number of rotatable bonds is 3. The lowest BCUT2D eigenvalue weighted by Crippen LogP contribution is -2.05. The molecule has 0 aliphatic carbocycles. The molecule has 0 amide bonds. The van der Waals surface area contributed by atoms with Crippen LogP contribution in [0.5, 0.6) is 0 Å². The molecule has 1 heterocycles. The molecule has 92 valence electrons. The highest BCUT2D eigenvalue weighted by atomic mass is 16.4. The topological polar surface area (TPSA) is 63.1 Å². The number of carbonyl (C=O) groups is 1. The van der Waals surface area contributed by atoms with E-state index in [9.17, 15) is 4.79 Å². The lowest BCUT2D eigenvalue weighted by atomic mass is 10.0. The molecular weight excluding hydrogens is 228 g/mol. The van der Waals surface area contributed by atoms with Gasteiger partial charge in [0.2, 0.25) is 0 Å². The van der Waals surface area contributed by atoms with Crippen LogP contribution in [0.25, 0.3) is 0 Å². The minimum absolute atomic E-state index is 0.0327. The minimum Gasteiger partial charge on any atom is -0.477 e. The largest absolute Gasteiger partial charge is 0.477 e. The molecule has 18 heavy (non-hydrogen) atoms. The monoisotopic (exact) mass is 242 g/mol. The number of aryl methyl sites for hydroxylation is 2. The van der Waals surface area contributed by atoms with Crippen LogP contribution in [0.2, 0.25) is 0 Å². The maximum absolute atomic E-state index is 10.8. The first-order valence-electron chi connectivity index (χ1n) is 5.67. The zero-order chi connectivity index (χ0) is 13.1.